The van der Waals surface area contributed by atoms with Crippen LogP contribution in [0.3, 0.4) is 0 Å². The molecule has 0 bridgehead atoms. The highest BCUT2D eigenvalue weighted by molar-refractivity contribution is 5.94. The van der Waals surface area contributed by atoms with Crippen LogP contribution < -0.4 is 0 Å². The van der Waals surface area contributed by atoms with E-state index in [1.807, 2.05) is 6.92 Å². The van der Waals surface area contributed by atoms with Gasteiger partial charge in [-0.2, -0.15) is 0 Å². The molecule has 1 aromatic rings. The molecule has 82 valence electrons. The maximum absolute atomic E-state index is 11.9. The van der Waals surface area contributed by atoms with Gasteiger partial charge in [0.2, 0.25) is 0 Å². The van der Waals surface area contributed by atoms with Crippen molar-refractivity contribution in [3.63, 3.8) is 0 Å². The lowest BCUT2D eigenvalue weighted by molar-refractivity contribution is 0.0473. The molecule has 0 spiro atoms. The van der Waals surface area contributed by atoms with Gasteiger partial charge in [-0.25, -0.2) is 0 Å². The van der Waals surface area contributed by atoms with E-state index >= 15 is 0 Å². The van der Waals surface area contributed by atoms with Crippen molar-refractivity contribution in [2.24, 2.45) is 0 Å². The smallest absolute Gasteiger partial charge is 0.257 e. The van der Waals surface area contributed by atoms with E-state index in [4.69, 9.17) is 4.42 Å². The number of likely N-dealkylation sites (tertiary alicyclic amines) is 1. The van der Waals surface area contributed by atoms with Gasteiger partial charge in [0.25, 0.3) is 5.91 Å². The Morgan fingerprint density at radius 2 is 2.47 bits per heavy atom. The fourth-order valence-electron chi connectivity index (χ4n) is 1.88. The monoisotopic (exact) mass is 209 g/mol. The molecule has 1 saturated heterocycles. The van der Waals surface area contributed by atoms with Gasteiger partial charge in [0, 0.05) is 13.1 Å². The maximum Gasteiger partial charge on any atom is 0.257 e. The van der Waals surface area contributed by atoms with Crippen molar-refractivity contribution in [3.05, 3.63) is 23.7 Å². The molecule has 15 heavy (non-hydrogen) atoms. The average Bonchev–Trinajstić information content (AvgIpc) is 2.64. The van der Waals surface area contributed by atoms with Crippen LogP contribution in [0.4, 0.5) is 0 Å². The van der Waals surface area contributed by atoms with Gasteiger partial charge in [-0.1, -0.05) is 0 Å². The topological polar surface area (TPSA) is 53.7 Å². The number of β-amino-alcohol motifs (C(OH)–C–C–N with tert-alkyl or cyclic N) is 1. The summed E-state index contributed by atoms with van der Waals surface area (Å²) in [7, 11) is 0. The Bertz CT molecular complexity index is 358. The first kappa shape index (κ1) is 10.2. The van der Waals surface area contributed by atoms with E-state index < -0.39 is 0 Å². The third-order valence-corrected chi connectivity index (χ3v) is 2.66. The third kappa shape index (κ3) is 2.21. The maximum atomic E-state index is 11.9. The van der Waals surface area contributed by atoms with Crippen molar-refractivity contribution in [1.29, 1.82) is 0 Å². The zero-order valence-corrected chi connectivity index (χ0v) is 8.77. The van der Waals surface area contributed by atoms with Gasteiger partial charge < -0.3 is 14.4 Å². The van der Waals surface area contributed by atoms with Crippen LogP contribution in [0.2, 0.25) is 0 Å². The molecule has 0 unspecified atom stereocenters. The number of rotatable bonds is 1. The average molecular weight is 209 g/mol. The van der Waals surface area contributed by atoms with Crippen LogP contribution >= 0.6 is 0 Å². The molecule has 1 aliphatic rings. The molecule has 1 atom stereocenters. The fourth-order valence-corrected chi connectivity index (χ4v) is 1.88. The van der Waals surface area contributed by atoms with E-state index in [0.717, 1.165) is 25.1 Å². The van der Waals surface area contributed by atoms with Crippen LogP contribution in [0.5, 0.6) is 0 Å². The van der Waals surface area contributed by atoms with Gasteiger partial charge in [0.15, 0.2) is 0 Å². The van der Waals surface area contributed by atoms with Gasteiger partial charge in [-0.15, -0.1) is 0 Å². The Kier molecular flexibility index (Phi) is 2.77. The van der Waals surface area contributed by atoms with E-state index in [2.05, 4.69) is 0 Å². The van der Waals surface area contributed by atoms with Crippen molar-refractivity contribution in [2.75, 3.05) is 13.1 Å². The van der Waals surface area contributed by atoms with Crippen LogP contribution in [-0.4, -0.2) is 35.1 Å². The molecule has 1 aromatic heterocycles. The lowest BCUT2D eigenvalue weighted by Crippen LogP contribution is -2.42. The molecule has 1 fully saturated rings. The number of hydrogen-bond acceptors (Lipinski definition) is 3. The Labute approximate surface area is 88.5 Å². The molecule has 0 radical (unpaired) electrons. The number of carbonyl (C=O) groups is 1. The van der Waals surface area contributed by atoms with Crippen molar-refractivity contribution in [2.45, 2.75) is 25.9 Å². The molecule has 1 N–H and O–H groups in total. The summed E-state index contributed by atoms with van der Waals surface area (Å²) in [5, 5.41) is 9.46. The summed E-state index contributed by atoms with van der Waals surface area (Å²) in [4.78, 5) is 13.6. The minimum Gasteiger partial charge on any atom is -0.469 e. The lowest BCUT2D eigenvalue weighted by Gasteiger charge is -2.29. The highest BCUT2D eigenvalue weighted by Crippen LogP contribution is 2.15. The van der Waals surface area contributed by atoms with Gasteiger partial charge >= 0.3 is 0 Å². The largest absolute Gasteiger partial charge is 0.469 e. The minimum atomic E-state index is -0.379. The van der Waals surface area contributed by atoms with Gasteiger partial charge in [0.05, 0.1) is 11.7 Å². The first-order valence-electron chi connectivity index (χ1n) is 5.19. The molecule has 1 aliphatic heterocycles. The van der Waals surface area contributed by atoms with Gasteiger partial charge in [-0.05, 0) is 25.8 Å². The number of carbonyl (C=O) groups excluding carboxylic acids is 1. The highest BCUT2D eigenvalue weighted by Gasteiger charge is 2.23. The molecule has 0 saturated carbocycles. The molecule has 0 aromatic carbocycles. The number of amides is 1. The van der Waals surface area contributed by atoms with Crippen molar-refractivity contribution < 1.29 is 14.3 Å². The molecular formula is C11H15NO3. The van der Waals surface area contributed by atoms with Gasteiger partial charge in [-0.3, -0.25) is 4.79 Å². The fraction of sp³-hybridized carbons (Fsp3) is 0.545. The predicted molar refractivity (Wildman–Crippen MR) is 54.6 cm³/mol. The van der Waals surface area contributed by atoms with Crippen LogP contribution in [-0.2, 0) is 0 Å². The number of aryl methyl sites for hydroxylation is 1. The van der Waals surface area contributed by atoms with Crippen molar-refractivity contribution in [1.82, 2.24) is 4.90 Å². The number of piperidine rings is 1. The quantitative estimate of drug-likeness (QED) is 0.755. The highest BCUT2D eigenvalue weighted by atomic mass is 16.3. The molecule has 4 heteroatoms. The van der Waals surface area contributed by atoms with Crippen molar-refractivity contribution in [3.8, 4) is 0 Å². The Morgan fingerprint density at radius 3 is 3.07 bits per heavy atom. The Balaban J connectivity index is 2.07. The zero-order valence-electron chi connectivity index (χ0n) is 8.77. The summed E-state index contributed by atoms with van der Waals surface area (Å²) in [6.07, 6.45) is 2.74. The standard InChI is InChI=1S/C11H15NO3/c1-8-5-9(7-15-8)11(14)12-4-2-3-10(13)6-12/h5,7,10,13H,2-4,6H2,1H3/t10-/m0/s1. The molecule has 2 rings (SSSR count). The number of hydrogen-bond donors (Lipinski definition) is 1. The summed E-state index contributed by atoms with van der Waals surface area (Å²) in [6, 6.07) is 1.73. The van der Waals surface area contributed by atoms with Crippen LogP contribution in [0, 0.1) is 6.92 Å². The van der Waals surface area contributed by atoms with Crippen molar-refractivity contribution >= 4 is 5.91 Å². The van der Waals surface area contributed by atoms with Gasteiger partial charge in [0.1, 0.15) is 12.0 Å². The third-order valence-electron chi connectivity index (χ3n) is 2.66. The van der Waals surface area contributed by atoms with E-state index in [0.29, 0.717) is 12.1 Å². The second-order valence-corrected chi connectivity index (χ2v) is 3.99. The SMILES string of the molecule is Cc1cc(C(=O)N2CCC[C@H](O)C2)co1. The van der Waals surface area contributed by atoms with Crippen LogP contribution in [0.15, 0.2) is 16.7 Å². The van der Waals surface area contributed by atoms with Crippen LogP contribution in [0.25, 0.3) is 0 Å². The predicted octanol–water partition coefficient (Wildman–Crippen LogP) is 1.18. The van der Waals surface area contributed by atoms with Crippen LogP contribution in [0.1, 0.15) is 29.0 Å². The van der Waals surface area contributed by atoms with E-state index in [-0.39, 0.29) is 12.0 Å². The van der Waals surface area contributed by atoms with E-state index in [1.54, 1.807) is 11.0 Å². The Hall–Kier alpha value is -1.29. The molecule has 1 amide bonds. The normalized spacial score (nSPS) is 21.7. The first-order chi connectivity index (χ1) is 7.16. The number of nitrogens with zero attached hydrogens (tertiary/aromatic N) is 1. The summed E-state index contributed by atoms with van der Waals surface area (Å²) in [5.74, 6) is 0.682. The number of aliphatic hydroxyl groups excluding tert-OH is 1. The number of furan rings is 1. The minimum absolute atomic E-state index is 0.0504. The molecule has 0 aliphatic carbocycles. The second-order valence-electron chi connectivity index (χ2n) is 3.99. The zero-order chi connectivity index (χ0) is 10.8. The Morgan fingerprint density at radius 1 is 1.67 bits per heavy atom. The summed E-state index contributed by atoms with van der Waals surface area (Å²) < 4.78 is 5.09. The molecular weight excluding hydrogens is 194 g/mol. The molecule has 2 heterocycles. The molecule has 4 nitrogen and oxygen atoms in total. The van der Waals surface area contributed by atoms with E-state index in [9.17, 15) is 9.90 Å². The summed E-state index contributed by atoms with van der Waals surface area (Å²) >= 11 is 0. The first-order valence-corrected chi connectivity index (χ1v) is 5.19. The summed E-state index contributed by atoms with van der Waals surface area (Å²) in [6.45, 7) is 2.96. The summed E-state index contributed by atoms with van der Waals surface area (Å²) in [5.41, 5.74) is 0.571. The number of aliphatic hydroxyl groups is 1. The lowest BCUT2D eigenvalue weighted by atomic mass is 10.1. The van der Waals surface area contributed by atoms with E-state index in [1.165, 1.54) is 6.26 Å². The second kappa shape index (κ2) is 4.06.